The van der Waals surface area contributed by atoms with Gasteiger partial charge in [0.1, 0.15) is 11.4 Å². The number of carbonyl (C=O) groups is 1. The maximum atomic E-state index is 14.5. The maximum Gasteiger partial charge on any atom is 0.272 e. The molecule has 0 atom stereocenters. The molecule has 148 valence electrons. The number of rotatable bonds is 5. The largest absolute Gasteiger partial charge is 0.287 e. The Morgan fingerprint density at radius 3 is 2.33 bits per heavy atom. The average molecular weight is 423 g/mol. The third-order valence-corrected chi connectivity index (χ3v) is 4.59. The fourth-order valence-corrected chi connectivity index (χ4v) is 2.99. The van der Waals surface area contributed by atoms with Crippen LogP contribution in [0.25, 0.3) is 16.9 Å². The van der Waals surface area contributed by atoms with Crippen LogP contribution in [0.1, 0.15) is 16.1 Å². The van der Waals surface area contributed by atoms with Crippen molar-refractivity contribution in [3.8, 4) is 16.9 Å². The van der Waals surface area contributed by atoms with Crippen molar-refractivity contribution in [3.05, 3.63) is 105 Å². The lowest BCUT2D eigenvalue weighted by atomic mass is 10.0. The smallest absolute Gasteiger partial charge is 0.272 e. The van der Waals surface area contributed by atoms with Crippen LogP contribution in [-0.2, 0) is 0 Å². The van der Waals surface area contributed by atoms with Gasteiger partial charge in [-0.25, -0.2) is 4.39 Å². The van der Waals surface area contributed by atoms with Crippen molar-refractivity contribution in [2.24, 2.45) is 0 Å². The van der Waals surface area contributed by atoms with Crippen molar-refractivity contribution in [3.63, 3.8) is 0 Å². The molecule has 0 saturated carbocycles. The first kappa shape index (κ1) is 19.4. The van der Waals surface area contributed by atoms with Gasteiger partial charge in [-0.1, -0.05) is 54.1 Å². The third kappa shape index (κ3) is 3.68. The summed E-state index contributed by atoms with van der Waals surface area (Å²) in [5.41, 5.74) is 0.681. The van der Waals surface area contributed by atoms with E-state index >= 15 is 0 Å². The molecular formula is C21H12ClFN4O3. The van der Waals surface area contributed by atoms with E-state index < -0.39 is 22.2 Å². The maximum absolute atomic E-state index is 14.5. The van der Waals surface area contributed by atoms with Gasteiger partial charge < -0.3 is 0 Å². The number of nitro benzene ring substituents is 1. The van der Waals surface area contributed by atoms with E-state index in [-0.39, 0.29) is 17.1 Å². The first-order valence-corrected chi connectivity index (χ1v) is 9.09. The summed E-state index contributed by atoms with van der Waals surface area (Å²) >= 11 is 5.95. The van der Waals surface area contributed by atoms with Gasteiger partial charge in [0.05, 0.1) is 11.0 Å². The zero-order valence-corrected chi connectivity index (χ0v) is 16.0. The van der Waals surface area contributed by atoms with Gasteiger partial charge in [-0.05, 0) is 18.2 Å². The van der Waals surface area contributed by atoms with E-state index in [1.54, 1.807) is 54.6 Å². The van der Waals surface area contributed by atoms with Crippen LogP contribution in [0.4, 0.5) is 10.1 Å². The fourth-order valence-electron chi connectivity index (χ4n) is 2.87. The summed E-state index contributed by atoms with van der Waals surface area (Å²) in [7, 11) is 0. The van der Waals surface area contributed by atoms with Crippen molar-refractivity contribution in [1.29, 1.82) is 0 Å². The van der Waals surface area contributed by atoms with Crippen LogP contribution >= 0.6 is 11.6 Å². The number of hydrogen-bond donors (Lipinski definition) is 0. The summed E-state index contributed by atoms with van der Waals surface area (Å²) < 4.78 is 14.5. The average Bonchev–Trinajstić information content (AvgIpc) is 3.19. The minimum absolute atomic E-state index is 0.0151. The van der Waals surface area contributed by atoms with Crippen LogP contribution in [0.5, 0.6) is 0 Å². The molecule has 0 unspecified atom stereocenters. The van der Waals surface area contributed by atoms with Crippen LogP contribution < -0.4 is 0 Å². The number of nitrogens with zero attached hydrogens (tertiary/aromatic N) is 4. The van der Waals surface area contributed by atoms with Crippen molar-refractivity contribution < 1.29 is 14.1 Å². The monoisotopic (exact) mass is 422 g/mol. The summed E-state index contributed by atoms with van der Waals surface area (Å²) in [5, 5.41) is 19.9. The second-order valence-corrected chi connectivity index (χ2v) is 6.72. The van der Waals surface area contributed by atoms with Crippen molar-refractivity contribution >= 4 is 23.1 Å². The van der Waals surface area contributed by atoms with Gasteiger partial charge in [0.2, 0.25) is 5.78 Å². The summed E-state index contributed by atoms with van der Waals surface area (Å²) in [6.45, 7) is 0. The Kier molecular flexibility index (Phi) is 5.07. The highest BCUT2D eigenvalue weighted by Gasteiger charge is 2.23. The summed E-state index contributed by atoms with van der Waals surface area (Å²) in [5.74, 6) is -1.28. The van der Waals surface area contributed by atoms with Crippen molar-refractivity contribution in [2.45, 2.75) is 0 Å². The summed E-state index contributed by atoms with van der Waals surface area (Å²) in [4.78, 5) is 24.2. The fraction of sp³-hybridized carbons (Fsp3) is 0. The molecule has 0 aliphatic carbocycles. The molecule has 4 aromatic rings. The molecule has 0 fully saturated rings. The molecule has 9 heteroatoms. The van der Waals surface area contributed by atoms with Crippen LogP contribution in [0.3, 0.4) is 0 Å². The zero-order valence-electron chi connectivity index (χ0n) is 15.2. The molecule has 0 saturated heterocycles. The minimum atomic E-state index is -0.888. The molecule has 0 aliphatic heterocycles. The molecule has 0 spiro atoms. The SMILES string of the molecule is O=C(c1ccccc1)c1nn(-c2ccc([N+](=O)[O-])cc2F)nc1-c1ccc(Cl)cc1. The highest BCUT2D eigenvalue weighted by Crippen LogP contribution is 2.26. The molecule has 7 nitrogen and oxygen atoms in total. The number of benzene rings is 3. The summed E-state index contributed by atoms with van der Waals surface area (Å²) in [6, 6.07) is 18.2. The van der Waals surface area contributed by atoms with E-state index in [0.717, 1.165) is 16.9 Å². The number of hydrogen-bond acceptors (Lipinski definition) is 5. The van der Waals surface area contributed by atoms with E-state index in [1.807, 2.05) is 0 Å². The topological polar surface area (TPSA) is 90.9 Å². The minimum Gasteiger partial charge on any atom is -0.287 e. The van der Waals surface area contributed by atoms with Gasteiger partial charge in [0.15, 0.2) is 11.5 Å². The standard InChI is InChI=1S/C21H12ClFN4O3/c22-15-8-6-13(7-9-15)19-20(21(28)14-4-2-1-3-5-14)25-26(24-19)18-11-10-16(27(29)30)12-17(18)23/h1-12H. The molecule has 1 heterocycles. The van der Waals surface area contributed by atoms with E-state index in [2.05, 4.69) is 10.2 Å². The van der Waals surface area contributed by atoms with Gasteiger partial charge in [-0.15, -0.1) is 15.0 Å². The van der Waals surface area contributed by atoms with E-state index in [9.17, 15) is 19.3 Å². The van der Waals surface area contributed by atoms with E-state index in [4.69, 9.17) is 11.6 Å². The quantitative estimate of drug-likeness (QED) is 0.260. The third-order valence-electron chi connectivity index (χ3n) is 4.34. The van der Waals surface area contributed by atoms with Gasteiger partial charge in [0, 0.05) is 22.2 Å². The lowest BCUT2D eigenvalue weighted by Gasteiger charge is -2.01. The summed E-state index contributed by atoms with van der Waals surface area (Å²) in [6.07, 6.45) is 0. The molecule has 0 bridgehead atoms. The van der Waals surface area contributed by atoms with Crippen LogP contribution in [0.15, 0.2) is 72.8 Å². The molecule has 0 N–H and O–H groups in total. The van der Waals surface area contributed by atoms with Crippen LogP contribution in [0, 0.1) is 15.9 Å². The second-order valence-electron chi connectivity index (χ2n) is 6.28. The Morgan fingerprint density at radius 2 is 1.70 bits per heavy atom. The van der Waals surface area contributed by atoms with E-state index in [1.165, 1.54) is 6.07 Å². The Hall–Kier alpha value is -3.91. The Morgan fingerprint density at radius 1 is 1.00 bits per heavy atom. The predicted octanol–water partition coefficient (Wildman–Crippen LogP) is 4.87. The van der Waals surface area contributed by atoms with Gasteiger partial charge >= 0.3 is 0 Å². The van der Waals surface area contributed by atoms with Gasteiger partial charge in [-0.2, -0.15) is 0 Å². The van der Waals surface area contributed by atoms with Gasteiger partial charge in [0.25, 0.3) is 5.69 Å². The first-order valence-electron chi connectivity index (χ1n) is 8.71. The van der Waals surface area contributed by atoms with Crippen LogP contribution in [-0.4, -0.2) is 25.7 Å². The highest BCUT2D eigenvalue weighted by atomic mass is 35.5. The van der Waals surface area contributed by atoms with Crippen molar-refractivity contribution in [1.82, 2.24) is 15.0 Å². The molecule has 3 aromatic carbocycles. The Bertz CT molecular complexity index is 1260. The second kappa shape index (κ2) is 7.84. The van der Waals surface area contributed by atoms with E-state index in [0.29, 0.717) is 16.1 Å². The molecule has 1 aromatic heterocycles. The normalized spacial score (nSPS) is 10.7. The molecule has 4 rings (SSSR count). The molecule has 0 aliphatic rings. The predicted molar refractivity (Wildman–Crippen MR) is 108 cm³/mol. The Balaban J connectivity index is 1.87. The first-order chi connectivity index (χ1) is 14.4. The number of ketones is 1. The lowest BCUT2D eigenvalue weighted by Crippen LogP contribution is -2.06. The molecular weight excluding hydrogens is 411 g/mol. The number of halogens is 2. The Labute approximate surface area is 174 Å². The van der Waals surface area contributed by atoms with Gasteiger partial charge in [-0.3, -0.25) is 14.9 Å². The number of aromatic nitrogens is 3. The molecule has 0 amide bonds. The lowest BCUT2D eigenvalue weighted by molar-refractivity contribution is -0.385. The van der Waals surface area contributed by atoms with Crippen molar-refractivity contribution in [2.75, 3.05) is 0 Å². The number of carbonyl (C=O) groups excluding carboxylic acids is 1. The molecule has 30 heavy (non-hydrogen) atoms. The van der Waals surface area contributed by atoms with Crippen LogP contribution in [0.2, 0.25) is 5.02 Å². The molecule has 0 radical (unpaired) electrons. The zero-order chi connectivity index (χ0) is 21.3. The number of nitro groups is 1. The number of non-ortho nitro benzene ring substituents is 1. The highest BCUT2D eigenvalue weighted by molar-refractivity contribution is 6.30.